The van der Waals surface area contributed by atoms with Crippen LogP contribution in [0.5, 0.6) is 23.0 Å². The van der Waals surface area contributed by atoms with Crippen LogP contribution in [0.1, 0.15) is 23.7 Å². The first-order valence-corrected chi connectivity index (χ1v) is 9.89. The second kappa shape index (κ2) is 9.93. The normalized spacial score (nSPS) is 10.3. The lowest BCUT2D eigenvalue weighted by Crippen LogP contribution is -2.12. The topological polar surface area (TPSA) is 69.7 Å². The average molecular weight is 457 g/mol. The van der Waals surface area contributed by atoms with E-state index in [2.05, 4.69) is 26.2 Å². The van der Waals surface area contributed by atoms with Crippen LogP contribution < -0.4 is 19.5 Å². The summed E-state index contributed by atoms with van der Waals surface area (Å²) in [6.45, 7) is 2.59. The predicted molar refractivity (Wildman–Crippen MR) is 115 cm³/mol. The van der Waals surface area contributed by atoms with Crippen LogP contribution in [-0.2, 0) is 0 Å². The van der Waals surface area contributed by atoms with Crippen molar-refractivity contribution in [1.29, 1.82) is 0 Å². The molecule has 0 aliphatic heterocycles. The summed E-state index contributed by atoms with van der Waals surface area (Å²) in [6.07, 6.45) is 4.20. The molecule has 2 aromatic carbocycles. The summed E-state index contributed by atoms with van der Waals surface area (Å²) >= 11 is 3.46. The third-order valence-corrected chi connectivity index (χ3v) is 4.53. The number of carbonyl (C=O) groups excluding carboxylic acids is 1. The lowest BCUT2D eigenvalue weighted by atomic mass is 10.1. The molecule has 0 bridgehead atoms. The van der Waals surface area contributed by atoms with Gasteiger partial charge >= 0.3 is 0 Å². The second-order valence-corrected chi connectivity index (χ2v) is 6.96. The molecular formula is C22H21BrN2O4. The third kappa shape index (κ3) is 5.48. The maximum absolute atomic E-state index is 12.7. The molecule has 6 nitrogen and oxygen atoms in total. The summed E-state index contributed by atoms with van der Waals surface area (Å²) in [7, 11) is 1.55. The summed E-state index contributed by atoms with van der Waals surface area (Å²) < 4.78 is 17.5. The van der Waals surface area contributed by atoms with Gasteiger partial charge in [0.2, 0.25) is 0 Å². The number of halogens is 1. The van der Waals surface area contributed by atoms with Gasteiger partial charge in [-0.1, -0.05) is 6.92 Å². The number of hydrogen-bond acceptors (Lipinski definition) is 5. The minimum absolute atomic E-state index is 0.256. The first-order chi connectivity index (χ1) is 14.1. The highest BCUT2D eigenvalue weighted by atomic mass is 79.9. The molecule has 29 heavy (non-hydrogen) atoms. The molecule has 1 N–H and O–H groups in total. The molecule has 0 saturated carbocycles. The summed E-state index contributed by atoms with van der Waals surface area (Å²) in [5.74, 6) is 2.19. The number of hydrogen-bond donors (Lipinski definition) is 1. The Morgan fingerprint density at radius 3 is 2.41 bits per heavy atom. The highest BCUT2D eigenvalue weighted by molar-refractivity contribution is 9.10. The molecule has 0 saturated heterocycles. The first kappa shape index (κ1) is 20.7. The van der Waals surface area contributed by atoms with Gasteiger partial charge in [0.15, 0.2) is 11.5 Å². The number of pyridine rings is 1. The molecule has 0 spiro atoms. The van der Waals surface area contributed by atoms with Gasteiger partial charge < -0.3 is 19.5 Å². The summed E-state index contributed by atoms with van der Waals surface area (Å²) in [5, 5.41) is 2.87. The van der Waals surface area contributed by atoms with Crippen molar-refractivity contribution in [2.75, 3.05) is 19.0 Å². The second-order valence-electron chi connectivity index (χ2n) is 6.10. The van der Waals surface area contributed by atoms with Crippen LogP contribution in [0.2, 0.25) is 0 Å². The molecule has 0 aliphatic carbocycles. The number of rotatable bonds is 8. The molecule has 3 aromatic rings. The number of ether oxygens (including phenoxy) is 3. The molecule has 0 aliphatic rings. The van der Waals surface area contributed by atoms with Gasteiger partial charge in [0.25, 0.3) is 5.91 Å². The number of nitrogens with zero attached hydrogens (tertiary/aromatic N) is 1. The van der Waals surface area contributed by atoms with E-state index < -0.39 is 0 Å². The van der Waals surface area contributed by atoms with Crippen molar-refractivity contribution in [1.82, 2.24) is 4.98 Å². The number of amides is 1. The highest BCUT2D eigenvalue weighted by Gasteiger charge is 2.16. The maximum atomic E-state index is 12.7. The van der Waals surface area contributed by atoms with Crippen molar-refractivity contribution in [2.45, 2.75) is 13.3 Å². The van der Waals surface area contributed by atoms with Crippen LogP contribution >= 0.6 is 15.9 Å². The van der Waals surface area contributed by atoms with E-state index in [0.29, 0.717) is 45.3 Å². The standard InChI is InChI=1S/C22H21BrN2O4/c1-3-12-28-21-19(23)13-15(14-20(21)27-2)22(26)25-16-4-6-17(7-5-16)29-18-8-10-24-11-9-18/h4-11,13-14H,3,12H2,1-2H3,(H,25,26). The van der Waals surface area contributed by atoms with Gasteiger partial charge in [0.05, 0.1) is 18.2 Å². The van der Waals surface area contributed by atoms with Crippen LogP contribution in [0.15, 0.2) is 65.4 Å². The molecule has 0 radical (unpaired) electrons. The molecule has 1 aromatic heterocycles. The van der Waals surface area contributed by atoms with Crippen molar-refractivity contribution < 1.29 is 19.0 Å². The Morgan fingerprint density at radius 2 is 1.76 bits per heavy atom. The largest absolute Gasteiger partial charge is 0.493 e. The van der Waals surface area contributed by atoms with E-state index in [1.54, 1.807) is 68.0 Å². The zero-order valence-corrected chi connectivity index (χ0v) is 17.7. The quantitative estimate of drug-likeness (QED) is 0.471. The fourth-order valence-corrected chi connectivity index (χ4v) is 3.10. The van der Waals surface area contributed by atoms with E-state index in [-0.39, 0.29) is 5.91 Å². The van der Waals surface area contributed by atoms with E-state index in [1.165, 1.54) is 0 Å². The average Bonchev–Trinajstić information content (AvgIpc) is 2.74. The van der Waals surface area contributed by atoms with Crippen LogP contribution in [0, 0.1) is 0 Å². The van der Waals surface area contributed by atoms with E-state index >= 15 is 0 Å². The van der Waals surface area contributed by atoms with Gasteiger partial charge in [0.1, 0.15) is 11.5 Å². The molecule has 0 atom stereocenters. The lowest BCUT2D eigenvalue weighted by Gasteiger charge is -2.14. The Balaban J connectivity index is 1.70. The molecule has 0 fully saturated rings. The summed E-state index contributed by atoms with van der Waals surface area (Å²) in [6, 6.07) is 14.0. The number of carbonyl (C=O) groups is 1. The minimum atomic E-state index is -0.256. The van der Waals surface area contributed by atoms with Gasteiger partial charge in [-0.3, -0.25) is 9.78 Å². The number of anilines is 1. The number of nitrogens with one attached hydrogen (secondary N) is 1. The molecule has 1 heterocycles. The smallest absolute Gasteiger partial charge is 0.255 e. The molecule has 0 unspecified atom stereocenters. The molecule has 1 amide bonds. The van der Waals surface area contributed by atoms with E-state index in [1.807, 2.05) is 6.92 Å². The Hall–Kier alpha value is -3.06. The number of aromatic nitrogens is 1. The van der Waals surface area contributed by atoms with Crippen molar-refractivity contribution in [3.8, 4) is 23.0 Å². The predicted octanol–water partition coefficient (Wildman–Crippen LogP) is 5.69. The summed E-state index contributed by atoms with van der Waals surface area (Å²) in [4.78, 5) is 16.6. The minimum Gasteiger partial charge on any atom is -0.493 e. The number of methoxy groups -OCH3 is 1. The van der Waals surface area contributed by atoms with Crippen molar-refractivity contribution >= 4 is 27.5 Å². The Labute approximate surface area is 178 Å². The zero-order chi connectivity index (χ0) is 20.6. The van der Waals surface area contributed by atoms with Crippen LogP contribution in [0.25, 0.3) is 0 Å². The third-order valence-electron chi connectivity index (χ3n) is 3.94. The van der Waals surface area contributed by atoms with Gasteiger partial charge in [-0.2, -0.15) is 0 Å². The molecule has 3 rings (SSSR count). The lowest BCUT2D eigenvalue weighted by molar-refractivity contribution is 0.102. The fourth-order valence-electron chi connectivity index (χ4n) is 2.55. The Kier molecular flexibility index (Phi) is 7.08. The monoisotopic (exact) mass is 456 g/mol. The first-order valence-electron chi connectivity index (χ1n) is 9.10. The maximum Gasteiger partial charge on any atom is 0.255 e. The molecular weight excluding hydrogens is 436 g/mol. The van der Waals surface area contributed by atoms with E-state index in [4.69, 9.17) is 14.2 Å². The van der Waals surface area contributed by atoms with Crippen molar-refractivity contribution in [3.63, 3.8) is 0 Å². The fraction of sp³-hybridized carbons (Fsp3) is 0.182. The van der Waals surface area contributed by atoms with Gasteiger partial charge in [-0.05, 0) is 70.9 Å². The Morgan fingerprint density at radius 1 is 1.07 bits per heavy atom. The van der Waals surface area contributed by atoms with Crippen LogP contribution in [-0.4, -0.2) is 24.6 Å². The van der Waals surface area contributed by atoms with Crippen LogP contribution in [0.4, 0.5) is 5.69 Å². The van der Waals surface area contributed by atoms with Crippen molar-refractivity contribution in [2.24, 2.45) is 0 Å². The van der Waals surface area contributed by atoms with Gasteiger partial charge in [-0.15, -0.1) is 0 Å². The summed E-state index contributed by atoms with van der Waals surface area (Å²) in [5.41, 5.74) is 1.10. The van der Waals surface area contributed by atoms with Gasteiger partial charge in [0, 0.05) is 23.6 Å². The van der Waals surface area contributed by atoms with E-state index in [9.17, 15) is 4.79 Å². The van der Waals surface area contributed by atoms with Crippen molar-refractivity contribution in [3.05, 3.63) is 71.0 Å². The number of benzene rings is 2. The van der Waals surface area contributed by atoms with Gasteiger partial charge in [-0.25, -0.2) is 0 Å². The highest BCUT2D eigenvalue weighted by Crippen LogP contribution is 2.37. The van der Waals surface area contributed by atoms with Crippen LogP contribution in [0.3, 0.4) is 0 Å². The Bertz CT molecular complexity index is 963. The molecule has 7 heteroatoms. The van der Waals surface area contributed by atoms with E-state index in [0.717, 1.165) is 6.42 Å². The molecule has 150 valence electrons. The zero-order valence-electron chi connectivity index (χ0n) is 16.1. The SMILES string of the molecule is CCCOc1c(Br)cc(C(=O)Nc2ccc(Oc3ccncc3)cc2)cc1OC.